The van der Waals surface area contributed by atoms with E-state index in [2.05, 4.69) is 16.0 Å². The number of rotatable bonds is 3. The Morgan fingerprint density at radius 2 is 2.14 bits per heavy atom. The molecule has 2 aromatic rings. The lowest BCUT2D eigenvalue weighted by molar-refractivity contribution is -0.143. The van der Waals surface area contributed by atoms with Crippen LogP contribution in [0.2, 0.25) is 0 Å². The fraction of sp³-hybridized carbons (Fsp3) is 0.591. The van der Waals surface area contributed by atoms with E-state index in [4.69, 9.17) is 4.74 Å². The van der Waals surface area contributed by atoms with Crippen LogP contribution in [-0.4, -0.2) is 65.5 Å². The van der Waals surface area contributed by atoms with Crippen molar-refractivity contribution in [1.82, 2.24) is 9.88 Å². The summed E-state index contributed by atoms with van der Waals surface area (Å²) in [6.07, 6.45) is 2.26. The molecule has 3 N–H and O–H groups in total. The summed E-state index contributed by atoms with van der Waals surface area (Å²) >= 11 is 0. The number of aliphatic hydroxyl groups is 2. The average Bonchev–Trinajstić information content (AvgIpc) is 3.06. The molecule has 0 saturated heterocycles. The number of carbonyl (C=O) groups excluding carboxylic acids is 1. The first kappa shape index (κ1) is 20.8. The van der Waals surface area contributed by atoms with Crippen LogP contribution in [0.25, 0.3) is 10.9 Å². The number of H-pyrrole nitrogens is 1. The number of β-amino-alcohol motifs (C(OH)–C–C–N with tert-alkyl or cyclic N) is 1. The predicted molar refractivity (Wildman–Crippen MR) is 109 cm³/mol. The van der Waals surface area contributed by atoms with Gasteiger partial charge in [-0.3, -0.25) is 4.79 Å². The minimum absolute atomic E-state index is 0.0743. The minimum Gasteiger partial charge on any atom is -0.469 e. The van der Waals surface area contributed by atoms with E-state index in [1.807, 2.05) is 32.2 Å². The maximum atomic E-state index is 12.7. The first-order valence-corrected chi connectivity index (χ1v) is 10.1. The Morgan fingerprint density at radius 3 is 2.82 bits per heavy atom. The van der Waals surface area contributed by atoms with Crippen molar-refractivity contribution in [2.75, 3.05) is 33.9 Å². The van der Waals surface area contributed by atoms with Crippen molar-refractivity contribution in [3.8, 4) is 0 Å². The molecule has 3 atom stereocenters. The number of esters is 1. The topological polar surface area (TPSA) is 85.8 Å². The third-order valence-corrected chi connectivity index (χ3v) is 6.14. The van der Waals surface area contributed by atoms with Crippen LogP contribution in [0.1, 0.15) is 43.4 Å². The number of hydrogen-bond acceptors (Lipinski definition) is 5. The van der Waals surface area contributed by atoms with Gasteiger partial charge in [-0.2, -0.15) is 0 Å². The molecule has 2 heterocycles. The molecule has 0 saturated carbocycles. The lowest BCUT2D eigenvalue weighted by atomic mass is 9.82. The summed E-state index contributed by atoms with van der Waals surface area (Å²) in [5.74, 6) is -0.993. The standard InChI is InChI=1S/C22H32N2O4/c1-4-22(27)12-15(13-25)11-18(21(26)28-3)20-17(9-10-24(2)14-22)16-7-5-6-8-19(16)23-20/h5-8,15,18,23,25,27H,4,9-14H2,1-3H3/t15-,18?,22+/m1/s1. The average molecular weight is 389 g/mol. The second-order valence-electron chi connectivity index (χ2n) is 8.19. The highest BCUT2D eigenvalue weighted by atomic mass is 16.5. The highest BCUT2D eigenvalue weighted by Crippen LogP contribution is 2.36. The van der Waals surface area contributed by atoms with Gasteiger partial charge >= 0.3 is 5.97 Å². The molecule has 0 spiro atoms. The first-order valence-electron chi connectivity index (χ1n) is 10.1. The summed E-state index contributed by atoms with van der Waals surface area (Å²) in [5, 5.41) is 22.2. The van der Waals surface area contributed by atoms with Gasteiger partial charge < -0.3 is 24.8 Å². The van der Waals surface area contributed by atoms with Crippen molar-refractivity contribution in [3.05, 3.63) is 35.5 Å². The van der Waals surface area contributed by atoms with E-state index in [1.54, 1.807) is 0 Å². The van der Waals surface area contributed by atoms with Crippen LogP contribution in [0.15, 0.2) is 24.3 Å². The van der Waals surface area contributed by atoms with Crippen LogP contribution in [0.5, 0.6) is 0 Å². The molecule has 154 valence electrons. The van der Waals surface area contributed by atoms with Gasteiger partial charge in [0, 0.05) is 36.3 Å². The Hall–Kier alpha value is -1.89. The van der Waals surface area contributed by atoms with Crippen LogP contribution in [0.4, 0.5) is 0 Å². The zero-order chi connectivity index (χ0) is 20.3. The second kappa shape index (κ2) is 8.64. The molecular weight excluding hydrogens is 356 g/mol. The van der Waals surface area contributed by atoms with Gasteiger partial charge in [0.25, 0.3) is 0 Å². The molecule has 0 amide bonds. The monoisotopic (exact) mass is 388 g/mol. The lowest BCUT2D eigenvalue weighted by Crippen LogP contribution is -2.43. The fourth-order valence-corrected chi connectivity index (χ4v) is 4.56. The number of benzene rings is 1. The summed E-state index contributed by atoms with van der Waals surface area (Å²) in [6, 6.07) is 8.08. The number of aromatic amines is 1. The van der Waals surface area contributed by atoms with Crippen molar-refractivity contribution in [2.24, 2.45) is 5.92 Å². The molecule has 1 unspecified atom stereocenters. The first-order chi connectivity index (χ1) is 13.4. The van der Waals surface area contributed by atoms with Gasteiger partial charge in [-0.25, -0.2) is 0 Å². The number of likely N-dealkylation sites (N-methyl/N-ethyl adjacent to an activating group) is 1. The number of nitrogens with one attached hydrogen (secondary N) is 1. The van der Waals surface area contributed by atoms with E-state index >= 15 is 0 Å². The summed E-state index contributed by atoms with van der Waals surface area (Å²) < 4.78 is 5.12. The van der Waals surface area contributed by atoms with E-state index in [9.17, 15) is 15.0 Å². The molecule has 1 aliphatic rings. The van der Waals surface area contributed by atoms with Crippen LogP contribution >= 0.6 is 0 Å². The predicted octanol–water partition coefficient (Wildman–Crippen LogP) is 2.44. The van der Waals surface area contributed by atoms with Crippen molar-refractivity contribution >= 4 is 16.9 Å². The van der Waals surface area contributed by atoms with Gasteiger partial charge in [-0.15, -0.1) is 0 Å². The number of hydrogen-bond donors (Lipinski definition) is 3. The third kappa shape index (κ3) is 4.24. The molecule has 0 radical (unpaired) electrons. The number of nitrogens with zero attached hydrogens (tertiary/aromatic N) is 1. The summed E-state index contributed by atoms with van der Waals surface area (Å²) in [4.78, 5) is 18.3. The number of aromatic nitrogens is 1. The largest absolute Gasteiger partial charge is 0.469 e. The Labute approximate surface area is 166 Å². The number of ether oxygens (including phenoxy) is 1. The summed E-state index contributed by atoms with van der Waals surface area (Å²) in [5.41, 5.74) is 2.12. The maximum Gasteiger partial charge on any atom is 0.314 e. The summed E-state index contributed by atoms with van der Waals surface area (Å²) in [7, 11) is 3.42. The molecule has 1 aromatic carbocycles. The minimum atomic E-state index is -0.886. The normalized spacial score (nSPS) is 27.2. The van der Waals surface area contributed by atoms with Crippen LogP contribution in [0, 0.1) is 5.92 Å². The van der Waals surface area contributed by atoms with Crippen molar-refractivity contribution in [1.29, 1.82) is 0 Å². The van der Waals surface area contributed by atoms with Gasteiger partial charge in [0.05, 0.1) is 18.6 Å². The molecule has 28 heavy (non-hydrogen) atoms. The highest BCUT2D eigenvalue weighted by Gasteiger charge is 2.36. The molecular formula is C22H32N2O4. The molecule has 3 rings (SSSR count). The zero-order valence-electron chi connectivity index (χ0n) is 17.1. The Bertz CT molecular complexity index is 818. The van der Waals surface area contributed by atoms with Crippen LogP contribution in [0.3, 0.4) is 0 Å². The molecule has 1 aliphatic heterocycles. The van der Waals surface area contributed by atoms with E-state index in [-0.39, 0.29) is 18.5 Å². The van der Waals surface area contributed by atoms with Crippen molar-refractivity contribution in [3.63, 3.8) is 0 Å². The van der Waals surface area contributed by atoms with Gasteiger partial charge in [-0.1, -0.05) is 25.1 Å². The SMILES string of the molecule is CC[C@]1(O)C[C@H](CO)CC(C(=O)OC)c2[nH]c3ccccc3c2CCN(C)C1. The Balaban J connectivity index is 2.10. The van der Waals surface area contributed by atoms with Crippen molar-refractivity contribution in [2.45, 2.75) is 44.1 Å². The Morgan fingerprint density at radius 1 is 1.39 bits per heavy atom. The maximum absolute atomic E-state index is 12.7. The molecule has 6 heteroatoms. The number of para-hydroxylation sites is 1. The summed E-state index contributed by atoms with van der Waals surface area (Å²) in [6.45, 7) is 3.21. The van der Waals surface area contributed by atoms with E-state index < -0.39 is 11.5 Å². The number of carbonyl (C=O) groups is 1. The molecule has 0 fully saturated rings. The van der Waals surface area contributed by atoms with Crippen LogP contribution in [-0.2, 0) is 16.0 Å². The molecule has 1 aromatic heterocycles. The highest BCUT2D eigenvalue weighted by molar-refractivity contribution is 5.88. The molecule has 0 aliphatic carbocycles. The van der Waals surface area contributed by atoms with Gasteiger partial charge in [0.15, 0.2) is 0 Å². The van der Waals surface area contributed by atoms with Gasteiger partial charge in [-0.05, 0) is 50.3 Å². The fourth-order valence-electron chi connectivity index (χ4n) is 4.56. The van der Waals surface area contributed by atoms with E-state index in [0.717, 1.165) is 35.1 Å². The van der Waals surface area contributed by atoms with Crippen LogP contribution < -0.4 is 0 Å². The lowest BCUT2D eigenvalue weighted by Gasteiger charge is -2.34. The smallest absolute Gasteiger partial charge is 0.314 e. The third-order valence-electron chi connectivity index (χ3n) is 6.14. The van der Waals surface area contributed by atoms with E-state index in [0.29, 0.717) is 25.8 Å². The van der Waals surface area contributed by atoms with E-state index in [1.165, 1.54) is 7.11 Å². The number of aliphatic hydroxyl groups excluding tert-OH is 1. The van der Waals surface area contributed by atoms with Gasteiger partial charge in [0.1, 0.15) is 0 Å². The zero-order valence-corrected chi connectivity index (χ0v) is 17.1. The number of methoxy groups -OCH3 is 1. The van der Waals surface area contributed by atoms with Gasteiger partial charge in [0.2, 0.25) is 0 Å². The number of fused-ring (bicyclic) bond motifs is 3. The van der Waals surface area contributed by atoms with Crippen molar-refractivity contribution < 1.29 is 19.7 Å². The molecule has 0 bridgehead atoms. The quantitative estimate of drug-likeness (QED) is 0.703. The molecule has 6 nitrogen and oxygen atoms in total. The second-order valence-corrected chi connectivity index (χ2v) is 8.19. The Kier molecular flexibility index (Phi) is 6.43.